The van der Waals surface area contributed by atoms with E-state index in [1.807, 2.05) is 24.3 Å². The molecule has 29 nitrogen and oxygen atoms in total. The Kier molecular flexibility index (Phi) is 27.9. The molecule has 17 N–H and O–H groups in total. The number of carboxylic acid groups (broad SMARTS) is 1. The number of likely N-dealkylation sites (N-methyl/N-ethyl adjacent to an activating group) is 2. The molecule has 31 heteroatoms. The number of nitrogens with two attached hydrogens (primary N) is 3. The zero-order valence-electron chi connectivity index (χ0n) is 67.2. The van der Waals surface area contributed by atoms with Crippen molar-refractivity contribution in [3.63, 3.8) is 0 Å². The van der Waals surface area contributed by atoms with E-state index in [0.29, 0.717) is 50.5 Å². The van der Waals surface area contributed by atoms with Gasteiger partial charge in [-0.25, -0.2) is 4.79 Å². The van der Waals surface area contributed by atoms with E-state index in [2.05, 4.69) is 42.5 Å². The Balaban J connectivity index is 0.866. The average molecular weight is 1690 g/mol. The average Bonchev–Trinajstić information content (AvgIpc) is 1.68. The number of ketones is 1. The fourth-order valence-electron chi connectivity index (χ4n) is 14.9. The highest BCUT2D eigenvalue weighted by atomic mass is 35.5. The fourth-order valence-corrected chi connectivity index (χ4v) is 15.2. The lowest BCUT2D eigenvalue weighted by Gasteiger charge is -2.32. The van der Waals surface area contributed by atoms with E-state index in [1.165, 1.54) is 60.0 Å². The minimum Gasteiger partial charge on any atom is -0.507 e. The number of rotatable bonds is 26. The molecule has 121 heavy (non-hydrogen) atoms. The van der Waals surface area contributed by atoms with Crippen molar-refractivity contribution in [2.45, 2.75) is 153 Å². The van der Waals surface area contributed by atoms with E-state index < -0.39 is 120 Å². The SMILES string of the molecule is CC(=O)[C@H](C)NC(=O)[C@@H]1Cc2ccc(O)c(c2)-c2cc(cc3cc(CNC(N)CCC[C@H](NC(=O)c4ccc(-c5ccc(Cl)cc5)cc4)C(=O)N(C)[C@@H]4C(=O)N[C@@H](C)C(=O)N[C@H](C(=O)O)Cc5ccc(O)c(c5)-c5cc4cc4cc(CN)oc54)oc23)[C@H](N(C)C(=O)[C@H](CCCCN)NC(=O)c2ccc(-c3ccc(Cl)cc3)cc2)C(=O)N[C@@H](C)C(=O)N1. The fraction of sp³-hybridized carbons (Fsp3) is 0.300. The Morgan fingerprint density at radius 2 is 0.934 bits per heavy atom. The molecule has 1 unspecified atom stereocenters. The maximum Gasteiger partial charge on any atom is 0.326 e. The van der Waals surface area contributed by atoms with E-state index in [-0.39, 0.29) is 137 Å². The third kappa shape index (κ3) is 20.7. The van der Waals surface area contributed by atoms with Crippen LogP contribution >= 0.6 is 23.2 Å². The first kappa shape index (κ1) is 87.5. The van der Waals surface area contributed by atoms with Crippen LogP contribution in [0.25, 0.3) is 66.4 Å². The lowest BCUT2D eigenvalue weighted by Crippen LogP contribution is -2.56. The third-order valence-electron chi connectivity index (χ3n) is 21.8. The first-order valence-corrected chi connectivity index (χ1v) is 40.4. The van der Waals surface area contributed by atoms with Gasteiger partial charge in [0.05, 0.1) is 25.3 Å². The first-order valence-electron chi connectivity index (χ1n) is 39.6. The van der Waals surface area contributed by atoms with Gasteiger partial charge in [-0.15, -0.1) is 0 Å². The predicted molar refractivity (Wildman–Crippen MR) is 456 cm³/mol. The minimum absolute atomic E-state index is 0.0554. The number of amides is 9. The summed E-state index contributed by atoms with van der Waals surface area (Å²) in [6.45, 7) is 5.67. The molecule has 0 fully saturated rings. The number of aromatic hydroxyl groups is 2. The lowest BCUT2D eigenvalue weighted by molar-refractivity contribution is -0.143. The molecule has 2 aliphatic rings. The van der Waals surface area contributed by atoms with E-state index in [1.54, 1.807) is 127 Å². The quantitative estimate of drug-likeness (QED) is 0.0177. The number of hydrogen-bond donors (Lipinski definition) is 14. The van der Waals surface area contributed by atoms with Gasteiger partial charge in [0.25, 0.3) is 11.8 Å². The van der Waals surface area contributed by atoms with Crippen LogP contribution in [0.3, 0.4) is 0 Å². The van der Waals surface area contributed by atoms with Crippen molar-refractivity contribution in [3.05, 3.63) is 225 Å². The topological polar surface area (TPSA) is 456 Å². The van der Waals surface area contributed by atoms with Crippen molar-refractivity contribution in [3.8, 4) is 56.0 Å². The molecule has 8 bridgehead atoms. The number of carboxylic acids is 1. The third-order valence-corrected chi connectivity index (χ3v) is 22.3. The van der Waals surface area contributed by atoms with Crippen LogP contribution in [0.1, 0.15) is 133 Å². The summed E-state index contributed by atoms with van der Waals surface area (Å²) >= 11 is 12.4. The number of benzene rings is 8. The highest BCUT2D eigenvalue weighted by molar-refractivity contribution is 6.31. The number of fused-ring (bicyclic) bond motifs is 14. The molecule has 0 spiro atoms. The molecule has 9 amide bonds. The van der Waals surface area contributed by atoms with Gasteiger partial charge < -0.3 is 88.4 Å². The molecule has 10 aromatic rings. The number of carbonyl (C=O) groups excluding carboxylic acids is 10. The van der Waals surface area contributed by atoms with Crippen LogP contribution in [-0.2, 0) is 69.1 Å². The Labute approximate surface area is 706 Å². The zero-order valence-corrected chi connectivity index (χ0v) is 68.8. The largest absolute Gasteiger partial charge is 0.507 e. The van der Waals surface area contributed by atoms with Gasteiger partial charge in [-0.05, 0) is 226 Å². The second kappa shape index (κ2) is 38.5. The maximum atomic E-state index is 15.7. The summed E-state index contributed by atoms with van der Waals surface area (Å²) in [6, 6.07) is 33.9. The summed E-state index contributed by atoms with van der Waals surface area (Å²) in [5, 5.41) is 58.1. The van der Waals surface area contributed by atoms with Crippen LogP contribution in [-0.4, -0.2) is 159 Å². The number of nitrogens with zero attached hydrogens (tertiary/aromatic N) is 2. The predicted octanol–water partition coefficient (Wildman–Crippen LogP) is 9.26. The molecule has 0 saturated carbocycles. The summed E-state index contributed by atoms with van der Waals surface area (Å²) < 4.78 is 12.9. The highest BCUT2D eigenvalue weighted by Crippen LogP contribution is 2.43. The highest BCUT2D eigenvalue weighted by Gasteiger charge is 2.40. The van der Waals surface area contributed by atoms with Crippen LogP contribution in [0, 0.1) is 0 Å². The van der Waals surface area contributed by atoms with Crippen LogP contribution in [0.4, 0.5) is 0 Å². The monoisotopic (exact) mass is 1680 g/mol. The van der Waals surface area contributed by atoms with Crippen molar-refractivity contribution in [2.24, 2.45) is 17.2 Å². The van der Waals surface area contributed by atoms with Crippen molar-refractivity contribution in [2.75, 3.05) is 20.6 Å². The zero-order chi connectivity index (χ0) is 86.8. The van der Waals surface area contributed by atoms with Crippen molar-refractivity contribution in [1.82, 2.24) is 52.3 Å². The van der Waals surface area contributed by atoms with Crippen LogP contribution in [0.2, 0.25) is 10.0 Å². The summed E-state index contributed by atoms with van der Waals surface area (Å²) in [5.41, 5.74) is 25.0. The number of nitrogens with one attached hydrogen (secondary N) is 8. The van der Waals surface area contributed by atoms with E-state index in [4.69, 9.17) is 49.2 Å². The van der Waals surface area contributed by atoms with Gasteiger partial charge in [-0.1, -0.05) is 83.9 Å². The Morgan fingerprint density at radius 3 is 1.37 bits per heavy atom. The molecule has 0 saturated heterocycles. The van der Waals surface area contributed by atoms with E-state index >= 15 is 19.2 Å². The summed E-state index contributed by atoms with van der Waals surface area (Å²) in [4.78, 5) is 160. The molecule has 8 aromatic carbocycles. The summed E-state index contributed by atoms with van der Waals surface area (Å²) in [5.74, 6) is -8.55. The minimum atomic E-state index is -1.61. The number of phenols is 2. The number of aliphatic carboxylic acids is 1. The van der Waals surface area contributed by atoms with E-state index in [0.717, 1.165) is 32.1 Å². The normalized spacial score (nSPS) is 17.8. The number of hydrogen-bond acceptors (Lipinski definition) is 19. The van der Waals surface area contributed by atoms with Crippen molar-refractivity contribution < 1.29 is 76.9 Å². The van der Waals surface area contributed by atoms with Gasteiger partial charge in [-0.2, -0.15) is 0 Å². The van der Waals surface area contributed by atoms with Crippen LogP contribution in [0.5, 0.6) is 11.5 Å². The number of furan rings is 2. The van der Waals surface area contributed by atoms with Crippen molar-refractivity contribution >= 4 is 110 Å². The van der Waals surface area contributed by atoms with Crippen molar-refractivity contribution in [1.29, 1.82) is 0 Å². The van der Waals surface area contributed by atoms with Gasteiger partial charge in [0, 0.05) is 81.1 Å². The number of phenolic OH excluding ortho intramolecular Hbond substituents is 2. The van der Waals surface area contributed by atoms with E-state index in [9.17, 15) is 48.9 Å². The Morgan fingerprint density at radius 1 is 0.512 bits per heavy atom. The number of carbonyl (C=O) groups is 11. The molecule has 12 rings (SSSR count). The van der Waals surface area contributed by atoms with Gasteiger partial charge >= 0.3 is 5.97 Å². The molecule has 630 valence electrons. The Hall–Kier alpha value is -12.8. The first-order chi connectivity index (χ1) is 57.8. The number of unbranched alkanes of at least 4 members (excludes halogenated alkanes) is 1. The summed E-state index contributed by atoms with van der Waals surface area (Å²) in [7, 11) is 2.74. The van der Waals surface area contributed by atoms with Gasteiger partial charge in [0.2, 0.25) is 41.4 Å². The molecule has 2 aromatic heterocycles. The molecular weight excluding hydrogens is 1590 g/mol. The molecule has 0 radical (unpaired) electrons. The molecule has 2 aliphatic heterocycles. The molecule has 0 aliphatic carbocycles. The molecule has 4 heterocycles. The molecule has 10 atom stereocenters. The van der Waals surface area contributed by atoms with Crippen LogP contribution in [0.15, 0.2) is 179 Å². The number of halogens is 2. The second-order valence-corrected chi connectivity index (χ2v) is 31.5. The second-order valence-electron chi connectivity index (χ2n) is 30.6. The standard InChI is InChI=1S/C90H95Cl2N13O16/c1-46(49(4)106)97-85(113)72-36-50-13-31-74(107)66(34-50)69-43-59(78(86(114)98-47(2)81(109)102-72)104(5)88(116)70(10-7-8-33-93)100-83(111)56-19-15-52(16-20-56)54-23-27-62(91)28-24-54)39-61-41-65(121-80(61)69)45-96-76(95)12-9-11-71(101-84(112)57-21-17-53(18-22-57)55-25-29-63(92)30-26-55)89(117)105(6)77-58-38-60-40-64(44-94)120-79(60)68(42-58)67-35-51(14-32-75(67)108)37-73(90(118)119)103-82(110)48(3)99-87(77)115/h13-32,34-35,38-43,46-48,70-73,76-78,96,107-108H,7-12,33,36-37,44-45,93-95H2,1-6H3,(H,97,113)(H,98,114)(H,99,115)(H,100,111)(H,101,112)(H,102,109)(H,103,110)(H,118,119)/t46-,47-,48-,70-,71-,72-,73-,76?,77-,78-/m0/s1. The smallest absolute Gasteiger partial charge is 0.326 e. The van der Waals surface area contributed by atoms with Gasteiger partial charge in [0.15, 0.2) is 5.78 Å². The van der Waals surface area contributed by atoms with Gasteiger partial charge in [-0.3, -0.25) is 53.3 Å². The maximum absolute atomic E-state index is 15.7. The Bertz CT molecular complexity index is 5610. The summed E-state index contributed by atoms with van der Waals surface area (Å²) in [6.07, 6.45) is -0.172. The van der Waals surface area contributed by atoms with Crippen LogP contribution < -0.4 is 59.7 Å². The molecular formula is C90H95Cl2N13O16. The van der Waals surface area contributed by atoms with Gasteiger partial charge in [0.1, 0.15) is 82.5 Å². The lowest BCUT2D eigenvalue weighted by atomic mass is 9.92. The number of Topliss-reactive ketones (excluding diaryl/α,β-unsaturated/α-hetero) is 1.